The van der Waals surface area contributed by atoms with Crippen molar-refractivity contribution in [2.24, 2.45) is 5.73 Å². The molecule has 0 aliphatic carbocycles. The molecule has 1 aliphatic rings. The molecule has 0 saturated carbocycles. The van der Waals surface area contributed by atoms with E-state index in [1.54, 1.807) is 0 Å². The van der Waals surface area contributed by atoms with Crippen molar-refractivity contribution in [3.63, 3.8) is 0 Å². The van der Waals surface area contributed by atoms with Crippen LogP contribution in [-0.2, 0) is 0 Å². The Labute approximate surface area is 85.8 Å². The number of rotatable bonds is 3. The van der Waals surface area contributed by atoms with E-state index in [1.807, 2.05) is 11.8 Å². The van der Waals surface area contributed by atoms with Crippen LogP contribution in [0.1, 0.15) is 32.6 Å². The predicted molar refractivity (Wildman–Crippen MR) is 57.1 cm³/mol. The highest BCUT2D eigenvalue weighted by molar-refractivity contribution is 5.74. The van der Waals surface area contributed by atoms with Crippen molar-refractivity contribution < 1.29 is 4.79 Å². The van der Waals surface area contributed by atoms with Gasteiger partial charge in [0.1, 0.15) is 0 Å². The molecule has 0 radical (unpaired) electrons. The van der Waals surface area contributed by atoms with Gasteiger partial charge in [0.05, 0.1) is 0 Å². The summed E-state index contributed by atoms with van der Waals surface area (Å²) in [7, 11) is 0. The van der Waals surface area contributed by atoms with Gasteiger partial charge in [-0.2, -0.15) is 0 Å². The van der Waals surface area contributed by atoms with Crippen LogP contribution in [0.5, 0.6) is 0 Å². The van der Waals surface area contributed by atoms with E-state index in [2.05, 4.69) is 5.32 Å². The lowest BCUT2D eigenvalue weighted by Gasteiger charge is -2.28. The van der Waals surface area contributed by atoms with Gasteiger partial charge in [-0.3, -0.25) is 0 Å². The van der Waals surface area contributed by atoms with Gasteiger partial charge in [0.25, 0.3) is 0 Å². The molecule has 0 spiro atoms. The van der Waals surface area contributed by atoms with E-state index in [0.29, 0.717) is 6.54 Å². The number of amides is 2. The van der Waals surface area contributed by atoms with E-state index in [1.165, 1.54) is 6.42 Å². The molecule has 1 unspecified atom stereocenters. The summed E-state index contributed by atoms with van der Waals surface area (Å²) >= 11 is 0. The van der Waals surface area contributed by atoms with Crippen LogP contribution in [-0.4, -0.2) is 36.6 Å². The Kier molecular flexibility index (Phi) is 4.73. The summed E-state index contributed by atoms with van der Waals surface area (Å²) in [6, 6.07) is 0.187. The first kappa shape index (κ1) is 11.3. The molecule has 0 bridgehead atoms. The van der Waals surface area contributed by atoms with Crippen LogP contribution in [0.15, 0.2) is 0 Å². The summed E-state index contributed by atoms with van der Waals surface area (Å²) in [4.78, 5) is 13.6. The largest absolute Gasteiger partial charge is 0.334 e. The van der Waals surface area contributed by atoms with Gasteiger partial charge in [-0.25, -0.2) is 4.79 Å². The van der Waals surface area contributed by atoms with Crippen molar-refractivity contribution in [2.75, 3.05) is 19.6 Å². The number of urea groups is 1. The molecule has 3 N–H and O–H groups in total. The lowest BCUT2D eigenvalue weighted by Crippen LogP contribution is -2.48. The summed E-state index contributed by atoms with van der Waals surface area (Å²) in [6.07, 6.45) is 4.41. The fraction of sp³-hybridized carbons (Fsp3) is 0.900. The average Bonchev–Trinajstić information content (AvgIpc) is 2.26. The van der Waals surface area contributed by atoms with Gasteiger partial charge < -0.3 is 16.0 Å². The molecule has 4 nitrogen and oxygen atoms in total. The van der Waals surface area contributed by atoms with Crippen LogP contribution in [0.2, 0.25) is 0 Å². The molecule has 1 saturated heterocycles. The normalized spacial score (nSPS) is 19.1. The Morgan fingerprint density at radius 1 is 1.43 bits per heavy atom. The van der Waals surface area contributed by atoms with Crippen molar-refractivity contribution in [3.8, 4) is 0 Å². The van der Waals surface area contributed by atoms with Crippen molar-refractivity contribution >= 4 is 6.03 Å². The zero-order valence-corrected chi connectivity index (χ0v) is 8.96. The van der Waals surface area contributed by atoms with Gasteiger partial charge in [-0.1, -0.05) is 6.92 Å². The highest BCUT2D eigenvalue weighted by Crippen LogP contribution is 2.08. The number of carbonyl (C=O) groups is 1. The molecule has 1 rings (SSSR count). The maximum atomic E-state index is 11.7. The van der Waals surface area contributed by atoms with E-state index in [4.69, 9.17) is 5.73 Å². The molecular weight excluding hydrogens is 178 g/mol. The number of hydrogen-bond donors (Lipinski definition) is 2. The summed E-state index contributed by atoms with van der Waals surface area (Å²) < 4.78 is 0. The molecule has 1 aliphatic heterocycles. The van der Waals surface area contributed by atoms with Crippen LogP contribution >= 0.6 is 0 Å². The second-order valence-electron chi connectivity index (χ2n) is 3.84. The monoisotopic (exact) mass is 199 g/mol. The third-order valence-corrected chi connectivity index (χ3v) is 2.75. The number of hydrogen-bond acceptors (Lipinski definition) is 2. The minimum Gasteiger partial charge on any atom is -0.334 e. The molecule has 4 heteroatoms. The number of carbonyl (C=O) groups excluding carboxylic acids is 1. The van der Waals surface area contributed by atoms with Gasteiger partial charge in [0.15, 0.2) is 0 Å². The third kappa shape index (κ3) is 3.18. The second-order valence-corrected chi connectivity index (χ2v) is 3.84. The molecular formula is C10H21N3O. The number of nitrogens with one attached hydrogen (secondary N) is 1. The van der Waals surface area contributed by atoms with Gasteiger partial charge in [-0.05, 0) is 25.7 Å². The topological polar surface area (TPSA) is 58.4 Å². The first-order chi connectivity index (χ1) is 6.77. The summed E-state index contributed by atoms with van der Waals surface area (Å²) in [6.45, 7) is 4.35. The van der Waals surface area contributed by atoms with Crippen LogP contribution in [0, 0.1) is 0 Å². The van der Waals surface area contributed by atoms with E-state index in [0.717, 1.165) is 32.4 Å². The minimum atomic E-state index is 0.0574. The molecule has 14 heavy (non-hydrogen) atoms. The maximum Gasteiger partial charge on any atom is 0.317 e. The fourth-order valence-corrected chi connectivity index (χ4v) is 1.69. The van der Waals surface area contributed by atoms with Crippen LogP contribution < -0.4 is 11.1 Å². The summed E-state index contributed by atoms with van der Waals surface area (Å²) in [5.74, 6) is 0. The van der Waals surface area contributed by atoms with Crippen LogP contribution in [0.4, 0.5) is 4.79 Å². The second kappa shape index (κ2) is 5.86. The van der Waals surface area contributed by atoms with Crippen molar-refractivity contribution in [1.82, 2.24) is 10.2 Å². The third-order valence-electron chi connectivity index (χ3n) is 2.75. The molecule has 82 valence electrons. The molecule has 0 aromatic carbocycles. The van der Waals surface area contributed by atoms with E-state index in [9.17, 15) is 4.79 Å². The molecule has 2 amide bonds. The Bertz CT molecular complexity index is 174. The number of piperidine rings is 1. The average molecular weight is 199 g/mol. The lowest BCUT2D eigenvalue weighted by atomic mass is 10.1. The first-order valence-electron chi connectivity index (χ1n) is 5.53. The SMILES string of the molecule is CCC(CN)NC(=O)N1CCCCC1. The lowest BCUT2D eigenvalue weighted by molar-refractivity contribution is 0.182. The smallest absolute Gasteiger partial charge is 0.317 e. The highest BCUT2D eigenvalue weighted by atomic mass is 16.2. The van der Waals surface area contributed by atoms with Crippen molar-refractivity contribution in [1.29, 1.82) is 0 Å². The molecule has 1 atom stereocenters. The number of nitrogens with zero attached hydrogens (tertiary/aromatic N) is 1. The van der Waals surface area contributed by atoms with E-state index in [-0.39, 0.29) is 12.1 Å². The molecule has 0 aromatic rings. The standard InChI is InChI=1S/C10H21N3O/c1-2-9(8-11)12-10(14)13-6-4-3-5-7-13/h9H,2-8,11H2,1H3,(H,12,14). The van der Waals surface area contributed by atoms with Gasteiger partial charge >= 0.3 is 6.03 Å². The van der Waals surface area contributed by atoms with Crippen LogP contribution in [0.25, 0.3) is 0 Å². The predicted octanol–water partition coefficient (Wildman–Crippen LogP) is 0.919. The Balaban J connectivity index is 2.32. The van der Waals surface area contributed by atoms with Crippen LogP contribution in [0.3, 0.4) is 0 Å². The molecule has 0 aromatic heterocycles. The quantitative estimate of drug-likeness (QED) is 0.710. The summed E-state index contributed by atoms with van der Waals surface area (Å²) in [5, 5.41) is 2.95. The Hall–Kier alpha value is -0.770. The minimum absolute atomic E-state index is 0.0574. The highest BCUT2D eigenvalue weighted by Gasteiger charge is 2.17. The first-order valence-corrected chi connectivity index (χ1v) is 5.53. The van der Waals surface area contributed by atoms with Gasteiger partial charge in [0.2, 0.25) is 0 Å². The molecule has 1 heterocycles. The summed E-state index contributed by atoms with van der Waals surface area (Å²) in [5.41, 5.74) is 5.53. The van der Waals surface area contributed by atoms with Gasteiger partial charge in [0, 0.05) is 25.7 Å². The number of likely N-dealkylation sites (tertiary alicyclic amines) is 1. The Morgan fingerprint density at radius 3 is 2.57 bits per heavy atom. The molecule has 1 fully saturated rings. The maximum absolute atomic E-state index is 11.7. The van der Waals surface area contributed by atoms with Crippen molar-refractivity contribution in [3.05, 3.63) is 0 Å². The van der Waals surface area contributed by atoms with Crippen molar-refractivity contribution in [2.45, 2.75) is 38.6 Å². The zero-order chi connectivity index (χ0) is 10.4. The zero-order valence-electron chi connectivity index (χ0n) is 8.96. The van der Waals surface area contributed by atoms with E-state index >= 15 is 0 Å². The van der Waals surface area contributed by atoms with E-state index < -0.39 is 0 Å². The Morgan fingerprint density at radius 2 is 2.07 bits per heavy atom. The van der Waals surface area contributed by atoms with Gasteiger partial charge in [-0.15, -0.1) is 0 Å². The number of nitrogens with two attached hydrogens (primary N) is 1. The fourth-order valence-electron chi connectivity index (χ4n) is 1.69.